The number of furan rings is 1. The maximum atomic E-state index is 12.2. The van der Waals surface area contributed by atoms with Gasteiger partial charge in [0, 0.05) is 17.0 Å². The molecule has 0 radical (unpaired) electrons. The summed E-state index contributed by atoms with van der Waals surface area (Å²) in [6.45, 7) is 0. The van der Waals surface area contributed by atoms with E-state index < -0.39 is 0 Å². The van der Waals surface area contributed by atoms with Gasteiger partial charge in [-0.25, -0.2) is 0 Å². The maximum absolute atomic E-state index is 12.2. The number of methoxy groups -OCH3 is 1. The summed E-state index contributed by atoms with van der Waals surface area (Å²) in [4.78, 5) is 12.2. The van der Waals surface area contributed by atoms with E-state index in [1.54, 1.807) is 37.6 Å². The average molecular weight is 350 g/mol. The van der Waals surface area contributed by atoms with Crippen molar-refractivity contribution in [1.29, 1.82) is 0 Å². The highest BCUT2D eigenvalue weighted by atomic mass is 35.5. The van der Waals surface area contributed by atoms with Crippen LogP contribution in [0.1, 0.15) is 5.56 Å². The topological polar surface area (TPSA) is 51.5 Å². The number of fused-ring (bicyclic) bond motifs is 1. The van der Waals surface area contributed by atoms with E-state index in [0.717, 1.165) is 10.9 Å². The second kappa shape index (κ2) is 6.52. The minimum Gasteiger partial charge on any atom is -0.497 e. The molecule has 6 heteroatoms. The van der Waals surface area contributed by atoms with Crippen LogP contribution in [0.25, 0.3) is 11.0 Å². The van der Waals surface area contributed by atoms with E-state index in [2.05, 4.69) is 5.32 Å². The van der Waals surface area contributed by atoms with Crippen LogP contribution in [0, 0.1) is 0 Å². The highest BCUT2D eigenvalue weighted by molar-refractivity contribution is 6.44. The summed E-state index contributed by atoms with van der Waals surface area (Å²) in [7, 11) is 1.59. The normalized spacial score (nSPS) is 10.7. The van der Waals surface area contributed by atoms with Crippen molar-refractivity contribution in [2.24, 2.45) is 0 Å². The van der Waals surface area contributed by atoms with Gasteiger partial charge < -0.3 is 14.5 Å². The number of carbonyl (C=O) groups excluding carboxylic acids is 1. The lowest BCUT2D eigenvalue weighted by molar-refractivity contribution is -0.115. The molecule has 0 aliphatic heterocycles. The molecule has 0 saturated carbocycles. The minimum absolute atomic E-state index is 0.169. The highest BCUT2D eigenvalue weighted by Crippen LogP contribution is 2.30. The Morgan fingerprint density at radius 3 is 2.87 bits per heavy atom. The molecule has 1 amide bonds. The lowest BCUT2D eigenvalue weighted by atomic mass is 10.1. The van der Waals surface area contributed by atoms with Gasteiger partial charge in [-0.3, -0.25) is 4.79 Å². The van der Waals surface area contributed by atoms with E-state index in [0.29, 0.717) is 27.1 Å². The van der Waals surface area contributed by atoms with E-state index in [-0.39, 0.29) is 12.3 Å². The third kappa shape index (κ3) is 3.28. The third-order valence-electron chi connectivity index (χ3n) is 3.44. The van der Waals surface area contributed by atoms with Gasteiger partial charge in [0.05, 0.1) is 35.5 Å². The van der Waals surface area contributed by atoms with Crippen molar-refractivity contribution < 1.29 is 13.9 Å². The van der Waals surface area contributed by atoms with Gasteiger partial charge in [0.25, 0.3) is 0 Å². The van der Waals surface area contributed by atoms with Gasteiger partial charge in [0.1, 0.15) is 11.3 Å². The number of halogens is 2. The molecule has 118 valence electrons. The van der Waals surface area contributed by atoms with Gasteiger partial charge in [0.15, 0.2) is 0 Å². The summed E-state index contributed by atoms with van der Waals surface area (Å²) in [5.41, 5.74) is 1.95. The Balaban J connectivity index is 1.79. The molecule has 1 aromatic heterocycles. The molecule has 0 saturated heterocycles. The zero-order valence-electron chi connectivity index (χ0n) is 12.2. The number of hydrogen-bond acceptors (Lipinski definition) is 3. The van der Waals surface area contributed by atoms with Crippen molar-refractivity contribution in [1.82, 2.24) is 0 Å². The molecule has 23 heavy (non-hydrogen) atoms. The largest absolute Gasteiger partial charge is 0.497 e. The molecule has 2 aromatic carbocycles. The van der Waals surface area contributed by atoms with Crippen LogP contribution in [-0.2, 0) is 11.2 Å². The first-order valence-electron chi connectivity index (χ1n) is 6.86. The number of ether oxygens (including phenoxy) is 1. The minimum atomic E-state index is -0.201. The van der Waals surface area contributed by atoms with Crippen LogP contribution in [0.5, 0.6) is 5.75 Å². The zero-order valence-corrected chi connectivity index (χ0v) is 13.7. The SMILES string of the molecule is COc1ccc2c(CC(=O)Nc3cccc(Cl)c3Cl)coc2c1. The van der Waals surface area contributed by atoms with E-state index >= 15 is 0 Å². The summed E-state index contributed by atoms with van der Waals surface area (Å²) in [6.07, 6.45) is 1.74. The van der Waals surface area contributed by atoms with Crippen molar-refractivity contribution >= 4 is 45.8 Å². The maximum Gasteiger partial charge on any atom is 0.228 e. The van der Waals surface area contributed by atoms with Crippen LogP contribution in [0.2, 0.25) is 10.0 Å². The first kappa shape index (κ1) is 15.7. The Kier molecular flexibility index (Phi) is 4.46. The van der Waals surface area contributed by atoms with Crippen molar-refractivity contribution in [2.75, 3.05) is 12.4 Å². The van der Waals surface area contributed by atoms with Crippen molar-refractivity contribution in [2.45, 2.75) is 6.42 Å². The van der Waals surface area contributed by atoms with Crippen LogP contribution >= 0.6 is 23.2 Å². The molecule has 1 heterocycles. The monoisotopic (exact) mass is 349 g/mol. The third-order valence-corrected chi connectivity index (χ3v) is 4.26. The zero-order chi connectivity index (χ0) is 16.4. The van der Waals surface area contributed by atoms with Crippen LogP contribution < -0.4 is 10.1 Å². The number of anilines is 1. The Hall–Kier alpha value is -2.17. The molecule has 4 nitrogen and oxygen atoms in total. The van der Waals surface area contributed by atoms with Gasteiger partial charge in [-0.15, -0.1) is 0 Å². The van der Waals surface area contributed by atoms with E-state index in [1.807, 2.05) is 12.1 Å². The van der Waals surface area contributed by atoms with Gasteiger partial charge >= 0.3 is 0 Å². The van der Waals surface area contributed by atoms with Crippen molar-refractivity contribution in [3.63, 3.8) is 0 Å². The molecule has 0 aliphatic carbocycles. The summed E-state index contributed by atoms with van der Waals surface area (Å²) in [6, 6.07) is 10.6. The summed E-state index contributed by atoms with van der Waals surface area (Å²) < 4.78 is 10.6. The molecule has 3 rings (SSSR count). The second-order valence-corrected chi connectivity index (χ2v) is 5.73. The van der Waals surface area contributed by atoms with Crippen LogP contribution in [-0.4, -0.2) is 13.0 Å². The van der Waals surface area contributed by atoms with Crippen molar-refractivity contribution in [3.8, 4) is 5.75 Å². The molecular formula is C17H13Cl2NO3. The Labute approximate surface area is 142 Å². The van der Waals surface area contributed by atoms with E-state index in [4.69, 9.17) is 32.4 Å². The number of hydrogen-bond donors (Lipinski definition) is 1. The molecular weight excluding hydrogens is 337 g/mol. The van der Waals surface area contributed by atoms with Crippen molar-refractivity contribution in [3.05, 3.63) is 58.3 Å². The molecule has 3 aromatic rings. The molecule has 0 bridgehead atoms. The lowest BCUT2D eigenvalue weighted by Crippen LogP contribution is -2.14. The number of amides is 1. The summed E-state index contributed by atoms with van der Waals surface area (Å²) in [5.74, 6) is 0.501. The quantitative estimate of drug-likeness (QED) is 0.726. The second-order valence-electron chi connectivity index (χ2n) is 4.95. The van der Waals surface area contributed by atoms with Gasteiger partial charge in [-0.2, -0.15) is 0 Å². The molecule has 0 atom stereocenters. The standard InChI is InChI=1S/C17H13Cl2NO3/c1-22-11-5-6-12-10(9-23-15(12)8-11)7-16(21)20-14-4-2-3-13(18)17(14)19/h2-6,8-9H,7H2,1H3,(H,20,21). The lowest BCUT2D eigenvalue weighted by Gasteiger charge is -2.07. The highest BCUT2D eigenvalue weighted by Gasteiger charge is 2.13. The molecule has 0 spiro atoms. The van der Waals surface area contributed by atoms with E-state index in [9.17, 15) is 4.79 Å². The van der Waals surface area contributed by atoms with E-state index in [1.165, 1.54) is 0 Å². The van der Waals surface area contributed by atoms with Gasteiger partial charge in [-0.1, -0.05) is 29.3 Å². The molecule has 0 unspecified atom stereocenters. The van der Waals surface area contributed by atoms with Gasteiger partial charge in [-0.05, 0) is 24.3 Å². The first-order valence-corrected chi connectivity index (χ1v) is 7.62. The molecule has 0 fully saturated rings. The van der Waals surface area contributed by atoms with Crippen LogP contribution in [0.4, 0.5) is 5.69 Å². The number of nitrogens with one attached hydrogen (secondary N) is 1. The Morgan fingerprint density at radius 1 is 1.26 bits per heavy atom. The average Bonchev–Trinajstić information content (AvgIpc) is 2.94. The van der Waals surface area contributed by atoms with Crippen LogP contribution in [0.3, 0.4) is 0 Å². The number of rotatable bonds is 4. The Morgan fingerprint density at radius 2 is 2.09 bits per heavy atom. The Bertz CT molecular complexity index is 873. The van der Waals surface area contributed by atoms with Gasteiger partial charge in [0.2, 0.25) is 5.91 Å². The fourth-order valence-electron chi connectivity index (χ4n) is 2.30. The predicted molar refractivity (Wildman–Crippen MR) is 91.6 cm³/mol. The summed E-state index contributed by atoms with van der Waals surface area (Å²) in [5, 5.41) is 4.35. The fraction of sp³-hybridized carbons (Fsp3) is 0.118. The first-order chi connectivity index (χ1) is 11.1. The predicted octanol–water partition coefficient (Wildman–Crippen LogP) is 4.93. The molecule has 1 N–H and O–H groups in total. The number of carbonyl (C=O) groups is 1. The smallest absolute Gasteiger partial charge is 0.228 e. The number of benzene rings is 2. The molecule has 0 aliphatic rings. The summed E-state index contributed by atoms with van der Waals surface area (Å²) >= 11 is 12.0. The fourth-order valence-corrected chi connectivity index (χ4v) is 2.64. The van der Waals surface area contributed by atoms with Crippen LogP contribution in [0.15, 0.2) is 47.1 Å².